The summed E-state index contributed by atoms with van der Waals surface area (Å²) in [7, 11) is 0. The highest BCUT2D eigenvalue weighted by molar-refractivity contribution is 6.30. The van der Waals surface area contributed by atoms with Crippen molar-refractivity contribution < 1.29 is 9.59 Å². The summed E-state index contributed by atoms with van der Waals surface area (Å²) >= 11 is 6.12. The van der Waals surface area contributed by atoms with E-state index in [9.17, 15) is 15.1 Å². The van der Waals surface area contributed by atoms with Gasteiger partial charge in [0, 0.05) is 42.2 Å². The molecular formula is C29H34ClN5O2. The normalized spacial score (nSPS) is 12.0. The second kappa shape index (κ2) is 13.2. The zero-order valence-corrected chi connectivity index (χ0v) is 22.7. The van der Waals surface area contributed by atoms with Gasteiger partial charge in [0.15, 0.2) is 0 Å². The van der Waals surface area contributed by atoms with Gasteiger partial charge < -0.3 is 0 Å². The number of rotatable bonds is 11. The van der Waals surface area contributed by atoms with Crippen molar-refractivity contribution in [1.29, 1.82) is 0 Å². The van der Waals surface area contributed by atoms with Gasteiger partial charge in [-0.15, -0.1) is 0 Å². The molecule has 3 rings (SSSR count). The number of benzene rings is 3. The van der Waals surface area contributed by atoms with Crippen molar-refractivity contribution in [3.63, 3.8) is 0 Å². The van der Waals surface area contributed by atoms with Gasteiger partial charge in [-0.1, -0.05) is 80.3 Å². The minimum Gasteiger partial charge on any atom is -0.283 e. The van der Waals surface area contributed by atoms with Crippen LogP contribution in [-0.2, 0) is 22.7 Å². The fourth-order valence-electron chi connectivity index (χ4n) is 4.60. The molecule has 0 N–H and O–H groups in total. The van der Waals surface area contributed by atoms with Gasteiger partial charge in [0.2, 0.25) is 11.8 Å². The summed E-state index contributed by atoms with van der Waals surface area (Å²) in [4.78, 5) is 32.9. The van der Waals surface area contributed by atoms with Crippen LogP contribution in [0, 0.1) is 5.92 Å². The molecule has 0 heterocycles. The molecule has 0 aromatic heterocycles. The van der Waals surface area contributed by atoms with Gasteiger partial charge in [-0.3, -0.25) is 19.4 Å². The number of hydrogen-bond donors (Lipinski definition) is 0. The van der Waals surface area contributed by atoms with Crippen LogP contribution in [0.15, 0.2) is 65.8 Å². The molecule has 7 nitrogen and oxygen atoms in total. The molecular weight excluding hydrogens is 486 g/mol. The number of azide groups is 1. The van der Waals surface area contributed by atoms with Gasteiger partial charge in [-0.2, -0.15) is 0 Å². The third kappa shape index (κ3) is 7.32. The molecule has 194 valence electrons. The second-order valence-corrected chi connectivity index (χ2v) is 10.0. The SMILES string of the molecule is CCCCN(C(C)=O)C(=O)C(C(C)C)N(Cc1ccc(Cl)cc1)Cc1cc2ccccc2cc1N=[N+]=[N-]. The smallest absolute Gasteiger partial charge is 0.246 e. The van der Waals surface area contributed by atoms with Crippen LogP contribution < -0.4 is 0 Å². The molecule has 0 saturated carbocycles. The highest BCUT2D eigenvalue weighted by atomic mass is 35.5. The number of imide groups is 1. The molecule has 0 fully saturated rings. The topological polar surface area (TPSA) is 89.4 Å². The summed E-state index contributed by atoms with van der Waals surface area (Å²) in [6.45, 7) is 8.66. The molecule has 0 aliphatic rings. The maximum atomic E-state index is 13.9. The predicted octanol–water partition coefficient (Wildman–Crippen LogP) is 7.64. The van der Waals surface area contributed by atoms with E-state index >= 15 is 0 Å². The van der Waals surface area contributed by atoms with Crippen LogP contribution in [0.5, 0.6) is 0 Å². The summed E-state index contributed by atoms with van der Waals surface area (Å²) in [6, 6.07) is 18.7. The van der Waals surface area contributed by atoms with Crippen LogP contribution >= 0.6 is 11.6 Å². The fourth-order valence-corrected chi connectivity index (χ4v) is 4.73. The van der Waals surface area contributed by atoms with Crippen molar-refractivity contribution in [2.45, 2.75) is 59.7 Å². The van der Waals surface area contributed by atoms with E-state index in [1.54, 1.807) is 0 Å². The van der Waals surface area contributed by atoms with E-state index in [4.69, 9.17) is 11.6 Å². The van der Waals surface area contributed by atoms with Crippen molar-refractivity contribution in [3.05, 3.63) is 87.3 Å². The molecule has 0 radical (unpaired) electrons. The Balaban J connectivity index is 2.09. The maximum Gasteiger partial charge on any atom is 0.246 e. The van der Waals surface area contributed by atoms with Gasteiger partial charge in [0.25, 0.3) is 0 Å². The Hall–Kier alpha value is -3.38. The Morgan fingerprint density at radius 1 is 1.03 bits per heavy atom. The summed E-state index contributed by atoms with van der Waals surface area (Å²) in [5, 5.41) is 6.59. The molecule has 0 bridgehead atoms. The quantitative estimate of drug-likeness (QED) is 0.148. The van der Waals surface area contributed by atoms with Crippen LogP contribution in [0.2, 0.25) is 5.02 Å². The average molecular weight is 520 g/mol. The first-order valence-electron chi connectivity index (χ1n) is 12.6. The zero-order valence-electron chi connectivity index (χ0n) is 21.9. The van der Waals surface area contributed by atoms with E-state index in [0.717, 1.165) is 34.7 Å². The van der Waals surface area contributed by atoms with E-state index in [1.807, 2.05) is 81.4 Å². The van der Waals surface area contributed by atoms with E-state index < -0.39 is 6.04 Å². The molecule has 0 saturated heterocycles. The van der Waals surface area contributed by atoms with E-state index in [1.165, 1.54) is 11.8 Å². The summed E-state index contributed by atoms with van der Waals surface area (Å²) in [5.41, 5.74) is 11.6. The lowest BCUT2D eigenvalue weighted by Crippen LogP contribution is -2.52. The van der Waals surface area contributed by atoms with Crippen LogP contribution in [0.3, 0.4) is 0 Å². The Morgan fingerprint density at radius 3 is 2.24 bits per heavy atom. The number of unbranched alkanes of at least 4 members (excludes halogenated alkanes) is 1. The molecule has 2 amide bonds. The highest BCUT2D eigenvalue weighted by Gasteiger charge is 2.34. The first kappa shape index (κ1) is 28.2. The first-order chi connectivity index (χ1) is 17.7. The van der Waals surface area contributed by atoms with E-state index in [-0.39, 0.29) is 17.7 Å². The minimum absolute atomic E-state index is 0.0772. The largest absolute Gasteiger partial charge is 0.283 e. The standard InChI is InChI=1S/C29H34ClN5O2/c1-5-6-15-35(21(4)36)29(37)28(20(2)3)34(18-22-11-13-26(30)14-12-22)19-25-16-23-9-7-8-10-24(23)17-27(25)32-33-31/h7-14,16-17,20,28H,5-6,15,18-19H2,1-4H3. The monoisotopic (exact) mass is 519 g/mol. The maximum absolute atomic E-state index is 13.9. The molecule has 8 heteroatoms. The predicted molar refractivity (Wildman–Crippen MR) is 149 cm³/mol. The lowest BCUT2D eigenvalue weighted by Gasteiger charge is -2.36. The number of nitrogens with zero attached hydrogens (tertiary/aromatic N) is 5. The third-order valence-electron chi connectivity index (χ3n) is 6.43. The van der Waals surface area contributed by atoms with Gasteiger partial charge in [0.05, 0.1) is 6.04 Å². The van der Waals surface area contributed by atoms with E-state index in [0.29, 0.717) is 30.3 Å². The number of hydrogen-bond acceptors (Lipinski definition) is 4. The van der Waals surface area contributed by atoms with Crippen molar-refractivity contribution in [2.24, 2.45) is 11.0 Å². The summed E-state index contributed by atoms with van der Waals surface area (Å²) < 4.78 is 0. The van der Waals surface area contributed by atoms with Crippen LogP contribution in [0.1, 0.15) is 51.7 Å². The molecule has 0 aliphatic carbocycles. The van der Waals surface area contributed by atoms with Crippen molar-refractivity contribution >= 4 is 39.9 Å². The van der Waals surface area contributed by atoms with Crippen molar-refractivity contribution in [3.8, 4) is 0 Å². The molecule has 0 aliphatic heterocycles. The lowest BCUT2D eigenvalue weighted by molar-refractivity contribution is -0.148. The van der Waals surface area contributed by atoms with Crippen LogP contribution in [0.25, 0.3) is 21.2 Å². The number of carbonyl (C=O) groups excluding carboxylic acids is 2. The Labute approximate surface area is 223 Å². The molecule has 1 unspecified atom stereocenters. The molecule has 0 spiro atoms. The second-order valence-electron chi connectivity index (χ2n) is 9.60. The minimum atomic E-state index is -0.568. The van der Waals surface area contributed by atoms with Crippen LogP contribution in [0.4, 0.5) is 5.69 Å². The summed E-state index contributed by atoms with van der Waals surface area (Å²) in [6.07, 6.45) is 1.63. The molecule has 3 aromatic rings. The Kier molecular flexibility index (Phi) is 10.1. The average Bonchev–Trinajstić information content (AvgIpc) is 2.85. The van der Waals surface area contributed by atoms with Crippen molar-refractivity contribution in [2.75, 3.05) is 6.54 Å². The van der Waals surface area contributed by atoms with E-state index in [2.05, 4.69) is 14.9 Å². The van der Waals surface area contributed by atoms with Gasteiger partial charge in [-0.05, 0) is 64.0 Å². The fraction of sp³-hybridized carbons (Fsp3) is 0.379. The Morgan fingerprint density at radius 2 is 1.68 bits per heavy atom. The van der Waals surface area contributed by atoms with Gasteiger partial charge in [0.1, 0.15) is 0 Å². The third-order valence-corrected chi connectivity index (χ3v) is 6.68. The van der Waals surface area contributed by atoms with Gasteiger partial charge in [-0.25, -0.2) is 0 Å². The first-order valence-corrected chi connectivity index (χ1v) is 13.0. The summed E-state index contributed by atoms with van der Waals surface area (Å²) in [5.74, 6) is -0.543. The van der Waals surface area contributed by atoms with Crippen molar-refractivity contribution in [1.82, 2.24) is 9.80 Å². The number of carbonyl (C=O) groups is 2. The zero-order chi connectivity index (χ0) is 26.9. The molecule has 1 atom stereocenters. The van der Waals surface area contributed by atoms with Gasteiger partial charge >= 0.3 is 0 Å². The number of amides is 2. The number of halogens is 1. The molecule has 37 heavy (non-hydrogen) atoms. The Bertz CT molecular complexity index is 1290. The lowest BCUT2D eigenvalue weighted by atomic mass is 9.97. The molecule has 3 aromatic carbocycles. The van der Waals surface area contributed by atoms with Crippen LogP contribution in [-0.4, -0.2) is 34.2 Å². The highest BCUT2D eigenvalue weighted by Crippen LogP contribution is 2.30. The number of fused-ring (bicyclic) bond motifs is 1.